The number of amides is 2. The van der Waals surface area contributed by atoms with Gasteiger partial charge in [0.05, 0.1) is 5.56 Å². The van der Waals surface area contributed by atoms with Gasteiger partial charge in [-0.2, -0.15) is 9.40 Å². The predicted molar refractivity (Wildman–Crippen MR) is 91.9 cm³/mol. The molecule has 0 aliphatic heterocycles. The van der Waals surface area contributed by atoms with Gasteiger partial charge in [-0.25, -0.2) is 8.42 Å². The number of primary amides is 1. The lowest BCUT2D eigenvalue weighted by atomic mass is 10.3. The molecule has 1 aliphatic carbocycles. The molecule has 0 atom stereocenters. The van der Waals surface area contributed by atoms with Gasteiger partial charge in [0.1, 0.15) is 14.9 Å². The molecule has 4 N–H and O–H groups in total. The van der Waals surface area contributed by atoms with E-state index in [0.29, 0.717) is 12.5 Å². The van der Waals surface area contributed by atoms with Crippen molar-refractivity contribution in [3.63, 3.8) is 0 Å². The van der Waals surface area contributed by atoms with Gasteiger partial charge in [0, 0.05) is 19.8 Å². The standard InChI is InChI=1S/C14H17N5O4S2/c1-19(7-8-2-3-8)25(22,23)11-6-9(12(15)20)14(24-11)17-13(21)10-4-5-16-18-10/h4-6,8H,2-3,7H2,1H3,(H2,15,20)(H,16,18)(H,17,21). The molecule has 0 saturated heterocycles. The number of carbonyl (C=O) groups excluding carboxylic acids is 2. The minimum atomic E-state index is -3.75. The highest BCUT2D eigenvalue weighted by Crippen LogP contribution is 2.35. The topological polar surface area (TPSA) is 138 Å². The summed E-state index contributed by atoms with van der Waals surface area (Å²) in [7, 11) is -2.25. The van der Waals surface area contributed by atoms with Gasteiger partial charge in [0.2, 0.25) is 0 Å². The van der Waals surface area contributed by atoms with Gasteiger partial charge >= 0.3 is 0 Å². The van der Waals surface area contributed by atoms with Crippen molar-refractivity contribution >= 4 is 38.2 Å². The summed E-state index contributed by atoms with van der Waals surface area (Å²) in [6.07, 6.45) is 3.50. The third-order valence-electron chi connectivity index (χ3n) is 3.81. The largest absolute Gasteiger partial charge is 0.366 e. The van der Waals surface area contributed by atoms with Gasteiger partial charge in [-0.15, -0.1) is 11.3 Å². The SMILES string of the molecule is CN(CC1CC1)S(=O)(=O)c1cc(C(N)=O)c(NC(=O)c2cc[nH]n2)s1. The van der Waals surface area contributed by atoms with Crippen molar-refractivity contribution in [2.75, 3.05) is 18.9 Å². The van der Waals surface area contributed by atoms with Crippen LogP contribution in [0.15, 0.2) is 22.5 Å². The van der Waals surface area contributed by atoms with E-state index < -0.39 is 21.8 Å². The Hall–Kier alpha value is -2.24. The van der Waals surface area contributed by atoms with Gasteiger partial charge < -0.3 is 11.1 Å². The van der Waals surface area contributed by atoms with Gasteiger partial charge in [-0.05, 0) is 30.9 Å². The smallest absolute Gasteiger partial charge is 0.276 e. The molecule has 2 heterocycles. The normalized spacial score (nSPS) is 14.6. The second-order valence-electron chi connectivity index (χ2n) is 5.82. The molecule has 25 heavy (non-hydrogen) atoms. The Morgan fingerprint density at radius 2 is 2.20 bits per heavy atom. The van der Waals surface area contributed by atoms with Crippen molar-refractivity contribution in [2.45, 2.75) is 17.1 Å². The van der Waals surface area contributed by atoms with Crippen LogP contribution in [0.3, 0.4) is 0 Å². The van der Waals surface area contributed by atoms with Crippen molar-refractivity contribution in [3.05, 3.63) is 29.6 Å². The number of hydrogen-bond acceptors (Lipinski definition) is 6. The molecule has 11 heteroatoms. The average molecular weight is 383 g/mol. The predicted octanol–water partition coefficient (Wildman–Crippen LogP) is 0.853. The first-order valence-electron chi connectivity index (χ1n) is 7.50. The van der Waals surface area contributed by atoms with Crippen LogP contribution >= 0.6 is 11.3 Å². The average Bonchev–Trinajstić information content (AvgIpc) is 3.04. The Labute approximate surface area is 148 Å². The van der Waals surface area contributed by atoms with Crippen molar-refractivity contribution in [2.24, 2.45) is 11.7 Å². The Morgan fingerprint density at radius 1 is 1.48 bits per heavy atom. The summed E-state index contributed by atoms with van der Waals surface area (Å²) in [5.74, 6) is -1.00. The number of hydrogen-bond donors (Lipinski definition) is 3. The maximum Gasteiger partial charge on any atom is 0.276 e. The molecule has 2 aromatic rings. The Balaban J connectivity index is 1.88. The Bertz CT molecular complexity index is 900. The summed E-state index contributed by atoms with van der Waals surface area (Å²) in [4.78, 5) is 23.7. The number of nitrogens with two attached hydrogens (primary N) is 1. The van der Waals surface area contributed by atoms with Gasteiger partial charge in [-0.3, -0.25) is 14.7 Å². The monoisotopic (exact) mass is 383 g/mol. The highest BCUT2D eigenvalue weighted by molar-refractivity contribution is 7.91. The summed E-state index contributed by atoms with van der Waals surface area (Å²) < 4.78 is 26.5. The summed E-state index contributed by atoms with van der Waals surface area (Å²) in [6, 6.07) is 2.65. The van der Waals surface area contributed by atoms with Gasteiger partial charge in [-0.1, -0.05) is 0 Å². The summed E-state index contributed by atoms with van der Waals surface area (Å²) in [6.45, 7) is 0.432. The summed E-state index contributed by atoms with van der Waals surface area (Å²) in [5.41, 5.74) is 5.38. The van der Waals surface area contributed by atoms with Crippen LogP contribution in [0, 0.1) is 5.92 Å². The lowest BCUT2D eigenvalue weighted by molar-refractivity contribution is 0.100. The molecule has 9 nitrogen and oxygen atoms in total. The van der Waals surface area contributed by atoms with Crippen LogP contribution < -0.4 is 11.1 Å². The van der Waals surface area contributed by atoms with E-state index in [1.54, 1.807) is 0 Å². The number of aromatic amines is 1. The fourth-order valence-corrected chi connectivity index (χ4v) is 5.07. The molecular weight excluding hydrogens is 366 g/mol. The van der Waals surface area contributed by atoms with E-state index >= 15 is 0 Å². The molecule has 2 aromatic heterocycles. The lowest BCUT2D eigenvalue weighted by Gasteiger charge is -2.15. The summed E-state index contributed by atoms with van der Waals surface area (Å²) >= 11 is 0.796. The lowest BCUT2D eigenvalue weighted by Crippen LogP contribution is -2.28. The third-order valence-corrected chi connectivity index (χ3v) is 7.14. The van der Waals surface area contributed by atoms with E-state index in [1.165, 1.54) is 29.7 Å². The van der Waals surface area contributed by atoms with Gasteiger partial charge in [0.25, 0.3) is 21.8 Å². The van der Waals surface area contributed by atoms with Crippen molar-refractivity contribution < 1.29 is 18.0 Å². The van der Waals surface area contributed by atoms with Crippen LogP contribution in [0.4, 0.5) is 5.00 Å². The number of aromatic nitrogens is 2. The Kier molecular flexibility index (Phi) is 4.62. The molecule has 1 saturated carbocycles. The number of sulfonamides is 1. The van der Waals surface area contributed by atoms with E-state index in [4.69, 9.17) is 5.73 Å². The fourth-order valence-electron chi connectivity index (χ4n) is 2.24. The number of H-pyrrole nitrogens is 1. The molecule has 0 aromatic carbocycles. The minimum Gasteiger partial charge on any atom is -0.366 e. The molecule has 2 amide bonds. The zero-order chi connectivity index (χ0) is 18.2. The fraction of sp³-hybridized carbons (Fsp3) is 0.357. The minimum absolute atomic E-state index is 0.0400. The van der Waals surface area contributed by atoms with E-state index in [2.05, 4.69) is 15.5 Å². The molecule has 1 aliphatic rings. The van der Waals surface area contributed by atoms with Crippen molar-refractivity contribution in [3.8, 4) is 0 Å². The van der Waals surface area contributed by atoms with E-state index in [1.807, 2.05) is 0 Å². The number of nitrogens with zero attached hydrogens (tertiary/aromatic N) is 2. The number of carbonyl (C=O) groups is 2. The number of rotatable bonds is 7. The van der Waals surface area contributed by atoms with E-state index in [9.17, 15) is 18.0 Å². The van der Waals surface area contributed by atoms with Crippen LogP contribution in [0.2, 0.25) is 0 Å². The van der Waals surface area contributed by atoms with Crippen LogP contribution in [0.5, 0.6) is 0 Å². The zero-order valence-electron chi connectivity index (χ0n) is 13.4. The highest BCUT2D eigenvalue weighted by Gasteiger charge is 2.31. The van der Waals surface area contributed by atoms with Crippen LogP contribution in [0.1, 0.15) is 33.7 Å². The Morgan fingerprint density at radius 3 is 2.76 bits per heavy atom. The maximum atomic E-state index is 12.7. The van der Waals surface area contributed by atoms with E-state index in [0.717, 1.165) is 24.2 Å². The van der Waals surface area contributed by atoms with Crippen molar-refractivity contribution in [1.82, 2.24) is 14.5 Å². The highest BCUT2D eigenvalue weighted by atomic mass is 32.2. The second-order valence-corrected chi connectivity index (χ2v) is 9.14. The molecular formula is C14H17N5O4S2. The molecule has 1 fully saturated rings. The van der Waals surface area contributed by atoms with Crippen LogP contribution in [-0.4, -0.2) is 48.3 Å². The molecule has 134 valence electrons. The maximum absolute atomic E-state index is 12.7. The van der Waals surface area contributed by atoms with Gasteiger partial charge in [0.15, 0.2) is 0 Å². The molecule has 0 bridgehead atoms. The van der Waals surface area contributed by atoms with Crippen LogP contribution in [0.25, 0.3) is 0 Å². The first-order chi connectivity index (χ1) is 11.8. The first-order valence-corrected chi connectivity index (χ1v) is 9.76. The van der Waals surface area contributed by atoms with Crippen LogP contribution in [-0.2, 0) is 10.0 Å². The first kappa shape index (κ1) is 17.6. The van der Waals surface area contributed by atoms with E-state index in [-0.39, 0.29) is 20.5 Å². The number of anilines is 1. The number of nitrogens with one attached hydrogen (secondary N) is 2. The zero-order valence-corrected chi connectivity index (χ0v) is 15.0. The molecule has 0 radical (unpaired) electrons. The molecule has 3 rings (SSSR count). The van der Waals surface area contributed by atoms with Crippen molar-refractivity contribution in [1.29, 1.82) is 0 Å². The number of thiophene rings is 1. The quantitative estimate of drug-likeness (QED) is 0.651. The summed E-state index contributed by atoms with van der Waals surface area (Å²) in [5, 5.41) is 8.81. The third kappa shape index (κ3) is 3.72. The molecule has 0 spiro atoms. The molecule has 0 unspecified atom stereocenters. The second kappa shape index (κ2) is 6.58.